The quantitative estimate of drug-likeness (QED) is 0.835. The number of amides is 2. The van der Waals surface area contributed by atoms with Crippen LogP contribution in [-0.2, 0) is 0 Å². The van der Waals surface area contributed by atoms with Crippen LogP contribution in [0.3, 0.4) is 0 Å². The maximum absolute atomic E-state index is 12.3. The Balaban J connectivity index is 1.65. The second-order valence-corrected chi connectivity index (χ2v) is 6.25. The molecule has 2 bridgehead atoms. The number of benzene rings is 1. The molecule has 2 unspecified atom stereocenters. The van der Waals surface area contributed by atoms with Gasteiger partial charge in [0.25, 0.3) is 0 Å². The van der Waals surface area contributed by atoms with Crippen LogP contribution in [0.4, 0.5) is 10.5 Å². The van der Waals surface area contributed by atoms with Gasteiger partial charge >= 0.3 is 6.03 Å². The molecule has 0 aromatic heterocycles. The van der Waals surface area contributed by atoms with Crippen LogP contribution < -0.4 is 10.6 Å². The third kappa shape index (κ3) is 3.03. The van der Waals surface area contributed by atoms with Crippen molar-refractivity contribution in [2.45, 2.75) is 31.3 Å². The number of fused-ring (bicyclic) bond motifs is 2. The Morgan fingerprint density at radius 1 is 1.20 bits per heavy atom. The molecule has 0 radical (unpaired) electrons. The normalized spacial score (nSPS) is 25.4. The van der Waals surface area contributed by atoms with E-state index in [1.165, 1.54) is 6.42 Å². The molecule has 2 saturated heterocycles. The molecule has 0 aliphatic carbocycles. The van der Waals surface area contributed by atoms with Crippen LogP contribution in [0.25, 0.3) is 0 Å². The molecule has 3 rings (SSSR count). The molecule has 2 heterocycles. The molecule has 6 heteroatoms. The SMILES string of the molecule is O=C(Nc1ccc(Cl)c(Cl)c1)N1CCC2CCC(C1)N2. The van der Waals surface area contributed by atoms with Gasteiger partial charge in [-0.1, -0.05) is 23.2 Å². The predicted molar refractivity (Wildman–Crippen MR) is 81.6 cm³/mol. The van der Waals surface area contributed by atoms with Gasteiger partial charge in [-0.2, -0.15) is 0 Å². The number of nitrogens with zero attached hydrogens (tertiary/aromatic N) is 1. The van der Waals surface area contributed by atoms with Crippen LogP contribution in [-0.4, -0.2) is 36.1 Å². The van der Waals surface area contributed by atoms with Gasteiger partial charge in [0, 0.05) is 30.9 Å². The molecule has 2 atom stereocenters. The van der Waals surface area contributed by atoms with Crippen LogP contribution in [0.1, 0.15) is 19.3 Å². The van der Waals surface area contributed by atoms with Gasteiger partial charge in [0.15, 0.2) is 0 Å². The summed E-state index contributed by atoms with van der Waals surface area (Å²) in [7, 11) is 0. The zero-order valence-corrected chi connectivity index (χ0v) is 12.5. The average molecular weight is 314 g/mol. The van der Waals surface area contributed by atoms with E-state index in [0.717, 1.165) is 25.9 Å². The largest absolute Gasteiger partial charge is 0.323 e. The van der Waals surface area contributed by atoms with Crippen LogP contribution in [0.2, 0.25) is 10.0 Å². The molecule has 0 saturated carbocycles. The van der Waals surface area contributed by atoms with Gasteiger partial charge in [-0.3, -0.25) is 0 Å². The number of rotatable bonds is 1. The van der Waals surface area contributed by atoms with Crippen LogP contribution in [0.15, 0.2) is 18.2 Å². The molecule has 2 amide bonds. The highest BCUT2D eigenvalue weighted by atomic mass is 35.5. The summed E-state index contributed by atoms with van der Waals surface area (Å²) in [5.41, 5.74) is 0.673. The van der Waals surface area contributed by atoms with Crippen molar-refractivity contribution in [3.05, 3.63) is 28.2 Å². The van der Waals surface area contributed by atoms with Crippen molar-refractivity contribution < 1.29 is 4.79 Å². The number of anilines is 1. The molecule has 20 heavy (non-hydrogen) atoms. The van der Waals surface area contributed by atoms with E-state index in [1.807, 2.05) is 4.90 Å². The zero-order valence-electron chi connectivity index (χ0n) is 11.0. The minimum absolute atomic E-state index is 0.0715. The Morgan fingerprint density at radius 3 is 2.80 bits per heavy atom. The lowest BCUT2D eigenvalue weighted by molar-refractivity contribution is 0.208. The fourth-order valence-corrected chi connectivity index (χ4v) is 3.20. The third-order valence-corrected chi connectivity index (χ3v) is 4.72. The van der Waals surface area contributed by atoms with Crippen molar-refractivity contribution >= 4 is 34.9 Å². The number of carbonyl (C=O) groups excluding carboxylic acids is 1. The molecule has 4 nitrogen and oxygen atoms in total. The summed E-state index contributed by atoms with van der Waals surface area (Å²) >= 11 is 11.8. The summed E-state index contributed by atoms with van der Waals surface area (Å²) in [4.78, 5) is 14.2. The first-order valence-corrected chi connectivity index (χ1v) is 7.64. The van der Waals surface area contributed by atoms with Gasteiger partial charge in [-0.25, -0.2) is 4.79 Å². The Labute approximate surface area is 128 Å². The van der Waals surface area contributed by atoms with Crippen molar-refractivity contribution in [3.8, 4) is 0 Å². The van der Waals surface area contributed by atoms with E-state index in [9.17, 15) is 4.79 Å². The monoisotopic (exact) mass is 313 g/mol. The molecule has 2 N–H and O–H groups in total. The van der Waals surface area contributed by atoms with Crippen LogP contribution in [0.5, 0.6) is 0 Å². The van der Waals surface area contributed by atoms with Crippen molar-refractivity contribution in [2.24, 2.45) is 0 Å². The summed E-state index contributed by atoms with van der Waals surface area (Å²) in [5, 5.41) is 7.37. The number of hydrogen-bond acceptors (Lipinski definition) is 2. The molecule has 1 aromatic rings. The molecular formula is C14H17Cl2N3O. The Morgan fingerprint density at radius 2 is 2.00 bits per heavy atom. The van der Waals surface area contributed by atoms with Gasteiger partial charge in [0.2, 0.25) is 0 Å². The van der Waals surface area contributed by atoms with Gasteiger partial charge in [0.05, 0.1) is 10.0 Å². The first-order chi connectivity index (χ1) is 9.61. The van der Waals surface area contributed by atoms with E-state index in [0.29, 0.717) is 27.8 Å². The number of hydrogen-bond donors (Lipinski definition) is 2. The number of carbonyl (C=O) groups is 1. The van der Waals surface area contributed by atoms with Crippen LogP contribution >= 0.6 is 23.2 Å². The lowest BCUT2D eigenvalue weighted by atomic mass is 10.1. The van der Waals surface area contributed by atoms with E-state index >= 15 is 0 Å². The Kier molecular flexibility index (Phi) is 4.06. The molecule has 0 spiro atoms. The minimum Gasteiger partial charge on any atom is -0.323 e. The second kappa shape index (κ2) is 5.80. The third-order valence-electron chi connectivity index (χ3n) is 3.98. The highest BCUT2D eigenvalue weighted by molar-refractivity contribution is 6.42. The number of urea groups is 1. The van der Waals surface area contributed by atoms with Crippen molar-refractivity contribution in [3.63, 3.8) is 0 Å². The van der Waals surface area contributed by atoms with Crippen molar-refractivity contribution in [1.82, 2.24) is 10.2 Å². The van der Waals surface area contributed by atoms with E-state index < -0.39 is 0 Å². The lowest BCUT2D eigenvalue weighted by Gasteiger charge is -2.24. The summed E-state index contributed by atoms with van der Waals surface area (Å²) < 4.78 is 0. The number of likely N-dealkylation sites (tertiary alicyclic amines) is 1. The highest BCUT2D eigenvalue weighted by Gasteiger charge is 2.31. The average Bonchev–Trinajstić information content (AvgIpc) is 2.73. The molecule has 1 aromatic carbocycles. The minimum atomic E-state index is -0.0715. The molecule has 2 fully saturated rings. The summed E-state index contributed by atoms with van der Waals surface area (Å²) in [6, 6.07) is 6.05. The zero-order chi connectivity index (χ0) is 14.1. The maximum atomic E-state index is 12.3. The fraction of sp³-hybridized carbons (Fsp3) is 0.500. The topological polar surface area (TPSA) is 44.4 Å². The van der Waals surface area contributed by atoms with E-state index in [4.69, 9.17) is 23.2 Å². The standard InChI is InChI=1S/C14H17Cl2N3O/c15-12-4-3-10(7-13(12)16)18-14(20)19-6-5-9-1-2-11(8-19)17-9/h3-4,7,9,11,17H,1-2,5-6,8H2,(H,18,20). The summed E-state index contributed by atoms with van der Waals surface area (Å²) in [6.45, 7) is 1.56. The number of halogens is 2. The van der Waals surface area contributed by atoms with Gasteiger partial charge in [0.1, 0.15) is 0 Å². The fourth-order valence-electron chi connectivity index (χ4n) is 2.90. The Bertz CT molecular complexity index is 523. The van der Waals surface area contributed by atoms with Gasteiger partial charge in [-0.15, -0.1) is 0 Å². The molecule has 2 aliphatic rings. The lowest BCUT2D eigenvalue weighted by Crippen LogP contribution is -2.41. The highest BCUT2D eigenvalue weighted by Crippen LogP contribution is 2.26. The van der Waals surface area contributed by atoms with E-state index in [2.05, 4.69) is 10.6 Å². The smallest absolute Gasteiger partial charge is 0.321 e. The van der Waals surface area contributed by atoms with Crippen LogP contribution in [0, 0.1) is 0 Å². The predicted octanol–water partition coefficient (Wildman–Crippen LogP) is 3.35. The van der Waals surface area contributed by atoms with E-state index in [1.54, 1.807) is 18.2 Å². The molecular weight excluding hydrogens is 297 g/mol. The maximum Gasteiger partial charge on any atom is 0.321 e. The van der Waals surface area contributed by atoms with Gasteiger partial charge < -0.3 is 15.5 Å². The van der Waals surface area contributed by atoms with E-state index in [-0.39, 0.29) is 6.03 Å². The summed E-state index contributed by atoms with van der Waals surface area (Å²) in [5.74, 6) is 0. The Hall–Kier alpha value is -0.970. The second-order valence-electron chi connectivity index (χ2n) is 5.43. The first kappa shape index (κ1) is 14.0. The summed E-state index contributed by atoms with van der Waals surface area (Å²) in [6.07, 6.45) is 3.40. The van der Waals surface area contributed by atoms with Crippen molar-refractivity contribution in [1.29, 1.82) is 0 Å². The number of nitrogens with one attached hydrogen (secondary N) is 2. The molecule has 2 aliphatic heterocycles. The van der Waals surface area contributed by atoms with Gasteiger partial charge in [-0.05, 0) is 37.5 Å². The molecule has 108 valence electrons. The first-order valence-electron chi connectivity index (χ1n) is 6.89. The van der Waals surface area contributed by atoms with Crippen molar-refractivity contribution in [2.75, 3.05) is 18.4 Å².